The van der Waals surface area contributed by atoms with E-state index in [9.17, 15) is 0 Å². The number of methoxy groups -OCH3 is 1. The number of nitrogens with zero attached hydrogens (tertiary/aromatic N) is 3. The van der Waals surface area contributed by atoms with Gasteiger partial charge in [0, 0.05) is 17.1 Å². The Labute approximate surface area is 130 Å². The highest BCUT2D eigenvalue weighted by Gasteiger charge is 2.11. The third kappa shape index (κ3) is 2.34. The van der Waals surface area contributed by atoms with E-state index < -0.39 is 0 Å². The molecule has 4 nitrogen and oxygen atoms in total. The molecule has 0 aliphatic carbocycles. The first kappa shape index (κ1) is 14.6. The van der Waals surface area contributed by atoms with E-state index >= 15 is 0 Å². The minimum atomic E-state index is 0.407. The topological polar surface area (TPSA) is 39.9 Å². The molecule has 0 unspecified atom stereocenters. The molecule has 2 heterocycles. The number of hydrogen-bond acceptors (Lipinski definition) is 3. The largest absolute Gasteiger partial charge is 0.496 e. The summed E-state index contributed by atoms with van der Waals surface area (Å²) in [6.45, 7) is 8.42. The molecular weight excluding hydrogens is 274 g/mol. The molecule has 0 spiro atoms. The van der Waals surface area contributed by atoms with Gasteiger partial charge in [-0.2, -0.15) is 5.10 Å². The van der Waals surface area contributed by atoms with Gasteiger partial charge in [-0.1, -0.05) is 13.8 Å². The minimum absolute atomic E-state index is 0.407. The van der Waals surface area contributed by atoms with E-state index in [4.69, 9.17) is 9.72 Å². The van der Waals surface area contributed by atoms with Gasteiger partial charge in [0.05, 0.1) is 18.3 Å². The Balaban J connectivity index is 2.20. The normalized spacial score (nSPS) is 11.4. The average Bonchev–Trinajstić information content (AvgIpc) is 2.98. The van der Waals surface area contributed by atoms with Crippen LogP contribution in [0.4, 0.5) is 0 Å². The number of ether oxygens (including phenoxy) is 1. The van der Waals surface area contributed by atoms with Crippen LogP contribution in [-0.4, -0.2) is 21.9 Å². The molecule has 0 saturated carbocycles. The maximum absolute atomic E-state index is 5.41. The smallest absolute Gasteiger partial charge is 0.154 e. The predicted octanol–water partition coefficient (Wildman–Crippen LogP) is 4.17. The van der Waals surface area contributed by atoms with E-state index in [1.807, 2.05) is 29.9 Å². The molecule has 4 heteroatoms. The Kier molecular flexibility index (Phi) is 3.61. The summed E-state index contributed by atoms with van der Waals surface area (Å²) < 4.78 is 7.26. The van der Waals surface area contributed by atoms with E-state index in [0.717, 1.165) is 33.7 Å². The van der Waals surface area contributed by atoms with Crippen LogP contribution in [0.2, 0.25) is 0 Å². The van der Waals surface area contributed by atoms with Crippen LogP contribution >= 0.6 is 0 Å². The molecule has 3 rings (SSSR count). The van der Waals surface area contributed by atoms with E-state index in [-0.39, 0.29) is 0 Å². The summed E-state index contributed by atoms with van der Waals surface area (Å²) in [5, 5.41) is 5.77. The lowest BCUT2D eigenvalue weighted by molar-refractivity contribution is 0.412. The van der Waals surface area contributed by atoms with Gasteiger partial charge < -0.3 is 4.74 Å². The SMILES string of the molecule is COc1ccc2c(C)cc(-n3ccc(C(C)C)n3)nc2c1C. The third-order valence-corrected chi connectivity index (χ3v) is 4.03. The quantitative estimate of drug-likeness (QED) is 0.728. The van der Waals surface area contributed by atoms with Crippen LogP contribution in [0.25, 0.3) is 16.7 Å². The molecule has 114 valence electrons. The monoisotopic (exact) mass is 295 g/mol. The molecule has 0 atom stereocenters. The summed E-state index contributed by atoms with van der Waals surface area (Å²) in [6, 6.07) is 8.18. The summed E-state index contributed by atoms with van der Waals surface area (Å²) >= 11 is 0. The van der Waals surface area contributed by atoms with Crippen molar-refractivity contribution in [2.45, 2.75) is 33.6 Å². The van der Waals surface area contributed by atoms with Crippen molar-refractivity contribution in [2.75, 3.05) is 7.11 Å². The third-order valence-electron chi connectivity index (χ3n) is 4.03. The first-order chi connectivity index (χ1) is 10.5. The molecule has 0 N–H and O–H groups in total. The summed E-state index contributed by atoms with van der Waals surface area (Å²) in [4.78, 5) is 4.81. The molecule has 0 fully saturated rings. The van der Waals surface area contributed by atoms with Crippen molar-refractivity contribution in [1.29, 1.82) is 0 Å². The lowest BCUT2D eigenvalue weighted by Gasteiger charge is -2.11. The van der Waals surface area contributed by atoms with Crippen molar-refractivity contribution in [3.63, 3.8) is 0 Å². The molecule has 1 aromatic carbocycles. The van der Waals surface area contributed by atoms with Gasteiger partial charge in [0.15, 0.2) is 5.82 Å². The van der Waals surface area contributed by atoms with Crippen molar-refractivity contribution in [3.8, 4) is 11.6 Å². The number of benzene rings is 1. The fourth-order valence-electron chi connectivity index (χ4n) is 2.67. The molecule has 3 aromatic rings. The lowest BCUT2D eigenvalue weighted by Crippen LogP contribution is -2.02. The van der Waals surface area contributed by atoms with E-state index in [1.165, 1.54) is 5.56 Å². The predicted molar refractivity (Wildman–Crippen MR) is 89.0 cm³/mol. The summed E-state index contributed by atoms with van der Waals surface area (Å²) in [7, 11) is 1.69. The van der Waals surface area contributed by atoms with Crippen LogP contribution in [0.3, 0.4) is 0 Å². The van der Waals surface area contributed by atoms with Crippen molar-refractivity contribution < 1.29 is 4.74 Å². The van der Waals surface area contributed by atoms with Gasteiger partial charge in [-0.3, -0.25) is 0 Å². The zero-order valence-electron chi connectivity index (χ0n) is 13.7. The van der Waals surface area contributed by atoms with Crippen LogP contribution in [-0.2, 0) is 0 Å². The lowest BCUT2D eigenvalue weighted by atomic mass is 10.1. The summed E-state index contributed by atoms with van der Waals surface area (Å²) in [5.74, 6) is 2.11. The van der Waals surface area contributed by atoms with Gasteiger partial charge in [-0.15, -0.1) is 0 Å². The second kappa shape index (κ2) is 5.44. The number of aryl methyl sites for hydroxylation is 2. The molecule has 0 amide bonds. The number of fused-ring (bicyclic) bond motifs is 1. The Hall–Kier alpha value is -2.36. The van der Waals surface area contributed by atoms with E-state index in [2.05, 4.69) is 38.0 Å². The molecule has 0 saturated heterocycles. The highest BCUT2D eigenvalue weighted by molar-refractivity contribution is 5.87. The maximum atomic E-state index is 5.41. The van der Waals surface area contributed by atoms with Gasteiger partial charge in [0.2, 0.25) is 0 Å². The molecule has 0 aliphatic heterocycles. The Morgan fingerprint density at radius 2 is 1.91 bits per heavy atom. The molecule has 0 radical (unpaired) electrons. The second-order valence-corrected chi connectivity index (χ2v) is 5.93. The van der Waals surface area contributed by atoms with Crippen LogP contribution < -0.4 is 4.74 Å². The van der Waals surface area contributed by atoms with Gasteiger partial charge in [0.1, 0.15) is 5.75 Å². The first-order valence-corrected chi connectivity index (χ1v) is 7.52. The molecule has 22 heavy (non-hydrogen) atoms. The maximum Gasteiger partial charge on any atom is 0.154 e. The van der Waals surface area contributed by atoms with Gasteiger partial charge in [-0.25, -0.2) is 9.67 Å². The van der Waals surface area contributed by atoms with Crippen molar-refractivity contribution in [3.05, 3.63) is 47.3 Å². The fourth-order valence-corrected chi connectivity index (χ4v) is 2.67. The number of rotatable bonds is 3. The first-order valence-electron chi connectivity index (χ1n) is 7.52. The number of hydrogen-bond donors (Lipinski definition) is 0. The van der Waals surface area contributed by atoms with E-state index in [1.54, 1.807) is 7.11 Å². The van der Waals surface area contributed by atoms with Crippen LogP contribution in [0.5, 0.6) is 5.75 Å². The van der Waals surface area contributed by atoms with Crippen molar-refractivity contribution in [1.82, 2.24) is 14.8 Å². The summed E-state index contributed by atoms with van der Waals surface area (Å²) in [6.07, 6.45) is 1.97. The standard InChI is InChI=1S/C18H21N3O/c1-11(2)15-8-9-21(20-15)17-10-12(3)14-6-7-16(22-5)13(4)18(14)19-17/h6-11H,1-5H3. The van der Waals surface area contributed by atoms with Crippen molar-refractivity contribution >= 4 is 10.9 Å². The average molecular weight is 295 g/mol. The molecular formula is C18H21N3O. The number of aromatic nitrogens is 3. The van der Waals surface area contributed by atoms with Crippen LogP contribution in [0.1, 0.15) is 36.6 Å². The number of pyridine rings is 1. The fraction of sp³-hybridized carbons (Fsp3) is 0.333. The zero-order chi connectivity index (χ0) is 15.9. The van der Waals surface area contributed by atoms with Gasteiger partial charge >= 0.3 is 0 Å². The molecule has 0 bridgehead atoms. The van der Waals surface area contributed by atoms with E-state index in [0.29, 0.717) is 5.92 Å². The van der Waals surface area contributed by atoms with Crippen LogP contribution in [0, 0.1) is 13.8 Å². The van der Waals surface area contributed by atoms with Crippen LogP contribution in [0.15, 0.2) is 30.5 Å². The van der Waals surface area contributed by atoms with Gasteiger partial charge in [0.25, 0.3) is 0 Å². The molecule has 0 aliphatic rings. The van der Waals surface area contributed by atoms with Gasteiger partial charge in [-0.05, 0) is 49.6 Å². The summed E-state index contributed by atoms with van der Waals surface area (Å²) in [5.41, 5.74) is 4.28. The Morgan fingerprint density at radius 1 is 1.14 bits per heavy atom. The minimum Gasteiger partial charge on any atom is -0.496 e. The zero-order valence-corrected chi connectivity index (χ0v) is 13.7. The van der Waals surface area contributed by atoms with Crippen molar-refractivity contribution in [2.24, 2.45) is 0 Å². The highest BCUT2D eigenvalue weighted by atomic mass is 16.5. The Morgan fingerprint density at radius 3 is 2.55 bits per heavy atom. The highest BCUT2D eigenvalue weighted by Crippen LogP contribution is 2.29. The molecule has 2 aromatic heterocycles. The Bertz CT molecular complexity index is 834. The second-order valence-electron chi connectivity index (χ2n) is 5.93.